The molecule has 2 rings (SSSR count). The largest absolute Gasteiger partial charge is 0.324 e. The first-order valence-electron chi connectivity index (χ1n) is 8.36. The number of halogens is 2. The predicted octanol–water partition coefficient (Wildman–Crippen LogP) is 4.79. The summed E-state index contributed by atoms with van der Waals surface area (Å²) in [6.45, 7) is 5.45. The molecule has 0 spiro atoms. The summed E-state index contributed by atoms with van der Waals surface area (Å²) < 4.78 is 26.3. The first-order valence-corrected chi connectivity index (χ1v) is 11.0. The van der Waals surface area contributed by atoms with Crippen LogP contribution in [-0.4, -0.2) is 26.6 Å². The van der Waals surface area contributed by atoms with Gasteiger partial charge in [0.1, 0.15) is 6.04 Å². The number of anilines is 2. The van der Waals surface area contributed by atoms with Crippen molar-refractivity contribution in [3.63, 3.8) is 0 Å². The summed E-state index contributed by atoms with van der Waals surface area (Å²) in [5.74, 6) is -0.456. The Morgan fingerprint density at radius 3 is 2.22 bits per heavy atom. The molecule has 0 aliphatic rings. The van der Waals surface area contributed by atoms with Crippen molar-refractivity contribution < 1.29 is 13.2 Å². The second kappa shape index (κ2) is 8.50. The van der Waals surface area contributed by atoms with Gasteiger partial charge in [0, 0.05) is 15.7 Å². The number of hydrogen-bond donors (Lipinski definition) is 1. The van der Waals surface area contributed by atoms with E-state index in [1.165, 1.54) is 4.31 Å². The molecular weight excluding hydrogens is 407 g/mol. The number of nitrogens with one attached hydrogen (secondary N) is 1. The van der Waals surface area contributed by atoms with E-state index in [0.717, 1.165) is 17.4 Å². The third-order valence-electron chi connectivity index (χ3n) is 4.06. The topological polar surface area (TPSA) is 66.5 Å². The van der Waals surface area contributed by atoms with Crippen molar-refractivity contribution in [2.75, 3.05) is 15.9 Å². The molecule has 0 fully saturated rings. The van der Waals surface area contributed by atoms with Gasteiger partial charge in [0.25, 0.3) is 0 Å². The van der Waals surface area contributed by atoms with Crippen LogP contribution in [0.4, 0.5) is 11.4 Å². The van der Waals surface area contributed by atoms with Gasteiger partial charge in [-0.2, -0.15) is 0 Å². The molecule has 0 saturated heterocycles. The number of amides is 1. The smallest absolute Gasteiger partial charge is 0.248 e. The second-order valence-corrected chi connectivity index (χ2v) is 9.15. The summed E-state index contributed by atoms with van der Waals surface area (Å²) in [6.07, 6.45) is 1.39. The zero-order valence-corrected chi connectivity index (χ0v) is 17.9. The van der Waals surface area contributed by atoms with Crippen molar-refractivity contribution in [3.8, 4) is 0 Å². The van der Waals surface area contributed by atoms with Crippen molar-refractivity contribution in [1.82, 2.24) is 0 Å². The van der Waals surface area contributed by atoms with Crippen LogP contribution in [0.15, 0.2) is 36.4 Å². The first-order chi connectivity index (χ1) is 12.5. The van der Waals surface area contributed by atoms with E-state index in [9.17, 15) is 13.2 Å². The second-order valence-electron chi connectivity index (χ2n) is 6.42. The van der Waals surface area contributed by atoms with Crippen molar-refractivity contribution in [2.24, 2.45) is 0 Å². The fourth-order valence-corrected chi connectivity index (χ4v) is 4.63. The minimum atomic E-state index is -3.70. The first kappa shape index (κ1) is 21.5. The standard InChI is InChI=1S/C19H22Cl2N2O3S/c1-5-17(19(24)22-16-10-14(20)9-15(21)11-16)23(27(4,25)26)18-8-12(2)6-7-13(18)3/h6-11,17H,5H2,1-4H3,(H,22,24). The molecule has 27 heavy (non-hydrogen) atoms. The molecule has 0 radical (unpaired) electrons. The summed E-state index contributed by atoms with van der Waals surface area (Å²) in [5.41, 5.74) is 2.57. The SMILES string of the molecule is CCC(C(=O)Nc1cc(Cl)cc(Cl)c1)N(c1cc(C)ccc1C)S(C)(=O)=O. The number of benzene rings is 2. The fraction of sp³-hybridized carbons (Fsp3) is 0.316. The highest BCUT2D eigenvalue weighted by Crippen LogP contribution is 2.28. The van der Waals surface area contributed by atoms with Crippen molar-refractivity contribution in [3.05, 3.63) is 57.6 Å². The number of nitrogens with zero attached hydrogens (tertiary/aromatic N) is 1. The number of hydrogen-bond acceptors (Lipinski definition) is 3. The lowest BCUT2D eigenvalue weighted by atomic mass is 10.1. The molecule has 2 aromatic carbocycles. The summed E-state index contributed by atoms with van der Waals surface area (Å²) in [6, 6.07) is 9.25. The van der Waals surface area contributed by atoms with E-state index in [2.05, 4.69) is 5.32 Å². The fourth-order valence-electron chi connectivity index (χ4n) is 2.84. The van der Waals surface area contributed by atoms with Gasteiger partial charge in [0.15, 0.2) is 0 Å². The van der Waals surface area contributed by atoms with Gasteiger partial charge in [0.2, 0.25) is 15.9 Å². The van der Waals surface area contributed by atoms with Crippen LogP contribution < -0.4 is 9.62 Å². The number of sulfonamides is 1. The molecular formula is C19H22Cl2N2O3S. The molecule has 0 heterocycles. The van der Waals surface area contributed by atoms with E-state index in [-0.39, 0.29) is 0 Å². The third kappa shape index (κ3) is 5.37. The molecule has 0 aliphatic heterocycles. The summed E-state index contributed by atoms with van der Waals surface area (Å²) in [7, 11) is -3.70. The van der Waals surface area contributed by atoms with E-state index < -0.39 is 22.0 Å². The van der Waals surface area contributed by atoms with Crippen molar-refractivity contribution in [2.45, 2.75) is 33.2 Å². The molecule has 0 saturated carbocycles. The Morgan fingerprint density at radius 2 is 1.70 bits per heavy atom. The minimum Gasteiger partial charge on any atom is -0.324 e. The van der Waals surface area contributed by atoms with Gasteiger partial charge in [-0.15, -0.1) is 0 Å². The van der Waals surface area contributed by atoms with E-state index in [1.54, 1.807) is 31.2 Å². The van der Waals surface area contributed by atoms with E-state index in [1.807, 2.05) is 26.0 Å². The van der Waals surface area contributed by atoms with E-state index >= 15 is 0 Å². The van der Waals surface area contributed by atoms with Crippen LogP contribution in [0.5, 0.6) is 0 Å². The molecule has 1 atom stereocenters. The average Bonchev–Trinajstić information content (AvgIpc) is 2.52. The van der Waals surface area contributed by atoms with Crippen LogP contribution in [0.1, 0.15) is 24.5 Å². The average molecular weight is 429 g/mol. The van der Waals surface area contributed by atoms with Gasteiger partial charge < -0.3 is 5.32 Å². The molecule has 5 nitrogen and oxygen atoms in total. The van der Waals surface area contributed by atoms with Gasteiger partial charge in [-0.3, -0.25) is 9.10 Å². The lowest BCUT2D eigenvalue weighted by Crippen LogP contribution is -2.47. The zero-order chi connectivity index (χ0) is 20.4. The van der Waals surface area contributed by atoms with Gasteiger partial charge in [0.05, 0.1) is 11.9 Å². The maximum atomic E-state index is 12.9. The zero-order valence-electron chi connectivity index (χ0n) is 15.6. The highest BCUT2D eigenvalue weighted by atomic mass is 35.5. The highest BCUT2D eigenvalue weighted by molar-refractivity contribution is 7.92. The number of aryl methyl sites for hydroxylation is 2. The number of rotatable bonds is 6. The molecule has 2 aromatic rings. The van der Waals surface area contributed by atoms with Crippen molar-refractivity contribution in [1.29, 1.82) is 0 Å². The molecule has 8 heteroatoms. The Kier molecular flexibility index (Phi) is 6.78. The summed E-state index contributed by atoms with van der Waals surface area (Å²) in [5, 5.41) is 3.47. The van der Waals surface area contributed by atoms with Crippen molar-refractivity contribution >= 4 is 50.5 Å². The lowest BCUT2D eigenvalue weighted by molar-refractivity contribution is -0.117. The van der Waals surface area contributed by atoms with Crippen LogP contribution in [-0.2, 0) is 14.8 Å². The minimum absolute atomic E-state index is 0.292. The third-order valence-corrected chi connectivity index (χ3v) is 5.66. The number of carbonyl (C=O) groups is 1. The lowest BCUT2D eigenvalue weighted by Gasteiger charge is -2.31. The highest BCUT2D eigenvalue weighted by Gasteiger charge is 2.32. The number of carbonyl (C=O) groups excluding carboxylic acids is 1. The van der Waals surface area contributed by atoms with Crippen LogP contribution in [0.2, 0.25) is 10.0 Å². The molecule has 0 aliphatic carbocycles. The van der Waals surface area contributed by atoms with Crippen LogP contribution in [0.25, 0.3) is 0 Å². The van der Waals surface area contributed by atoms with Gasteiger partial charge in [-0.05, 0) is 55.7 Å². The Balaban J connectivity index is 2.46. The molecule has 1 unspecified atom stereocenters. The quantitative estimate of drug-likeness (QED) is 0.718. The van der Waals surface area contributed by atoms with Gasteiger partial charge in [-0.1, -0.05) is 42.3 Å². The Labute approximate surface area is 170 Å². The molecule has 0 bridgehead atoms. The predicted molar refractivity (Wildman–Crippen MR) is 112 cm³/mol. The normalized spacial score (nSPS) is 12.5. The van der Waals surface area contributed by atoms with E-state index in [0.29, 0.717) is 27.8 Å². The maximum absolute atomic E-state index is 12.9. The van der Waals surface area contributed by atoms with Gasteiger partial charge in [-0.25, -0.2) is 8.42 Å². The maximum Gasteiger partial charge on any atom is 0.248 e. The monoisotopic (exact) mass is 428 g/mol. The van der Waals surface area contributed by atoms with E-state index in [4.69, 9.17) is 23.2 Å². The molecule has 1 amide bonds. The molecule has 146 valence electrons. The van der Waals surface area contributed by atoms with Crippen LogP contribution in [0, 0.1) is 13.8 Å². The Hall–Kier alpha value is -1.76. The summed E-state index contributed by atoms with van der Waals surface area (Å²) >= 11 is 11.9. The van der Waals surface area contributed by atoms with Crippen LogP contribution in [0.3, 0.4) is 0 Å². The molecule has 0 aromatic heterocycles. The summed E-state index contributed by atoms with van der Waals surface area (Å²) in [4.78, 5) is 12.9. The Morgan fingerprint density at radius 1 is 1.11 bits per heavy atom. The molecule has 1 N–H and O–H groups in total. The van der Waals surface area contributed by atoms with Gasteiger partial charge >= 0.3 is 0 Å². The van der Waals surface area contributed by atoms with Crippen LogP contribution >= 0.6 is 23.2 Å². The Bertz CT molecular complexity index is 941.